The fourth-order valence-electron chi connectivity index (χ4n) is 3.46. The second-order valence-electron chi connectivity index (χ2n) is 7.17. The Balaban J connectivity index is 1.47. The molecular formula is C20H24FN3O3S. The minimum atomic E-state index is -3.81. The first-order chi connectivity index (χ1) is 13.3. The number of amides is 1. The maximum absolute atomic E-state index is 13.0. The van der Waals surface area contributed by atoms with E-state index in [1.807, 2.05) is 12.1 Å². The van der Waals surface area contributed by atoms with Crippen LogP contribution >= 0.6 is 0 Å². The number of anilines is 1. The molecule has 1 aliphatic rings. The van der Waals surface area contributed by atoms with Crippen molar-refractivity contribution in [3.05, 3.63) is 59.9 Å². The van der Waals surface area contributed by atoms with E-state index in [0.717, 1.165) is 37.9 Å². The largest absolute Gasteiger partial charge is 0.325 e. The van der Waals surface area contributed by atoms with Crippen molar-refractivity contribution in [2.24, 2.45) is 11.1 Å². The van der Waals surface area contributed by atoms with Crippen molar-refractivity contribution in [3.63, 3.8) is 0 Å². The van der Waals surface area contributed by atoms with E-state index < -0.39 is 10.0 Å². The van der Waals surface area contributed by atoms with Gasteiger partial charge < -0.3 is 5.32 Å². The summed E-state index contributed by atoms with van der Waals surface area (Å²) in [6.45, 7) is 1.88. The molecule has 8 heteroatoms. The second-order valence-corrected chi connectivity index (χ2v) is 8.73. The normalized spacial score (nSPS) is 16.1. The zero-order chi connectivity index (χ0) is 20.1. The van der Waals surface area contributed by atoms with Crippen LogP contribution < -0.4 is 10.5 Å². The fraction of sp³-hybridized carbons (Fsp3) is 0.350. The number of piperidine rings is 1. The van der Waals surface area contributed by atoms with Crippen molar-refractivity contribution in [1.29, 1.82) is 0 Å². The molecule has 150 valence electrons. The number of sulfonamides is 1. The van der Waals surface area contributed by atoms with Gasteiger partial charge in [-0.25, -0.2) is 17.9 Å². The summed E-state index contributed by atoms with van der Waals surface area (Å²) in [5, 5.41) is 7.84. The predicted molar refractivity (Wildman–Crippen MR) is 106 cm³/mol. The van der Waals surface area contributed by atoms with Crippen LogP contribution in [0.15, 0.2) is 53.4 Å². The number of hydrogen-bond acceptors (Lipinski definition) is 4. The van der Waals surface area contributed by atoms with E-state index >= 15 is 0 Å². The van der Waals surface area contributed by atoms with Gasteiger partial charge in [-0.3, -0.25) is 9.69 Å². The van der Waals surface area contributed by atoms with Gasteiger partial charge in [-0.2, -0.15) is 0 Å². The molecule has 1 aliphatic heterocycles. The van der Waals surface area contributed by atoms with E-state index in [2.05, 4.69) is 10.2 Å². The van der Waals surface area contributed by atoms with Gasteiger partial charge in [0.1, 0.15) is 5.82 Å². The number of halogens is 1. The summed E-state index contributed by atoms with van der Waals surface area (Å²) in [5.41, 5.74) is 1.54. The molecule has 6 nitrogen and oxygen atoms in total. The van der Waals surface area contributed by atoms with Crippen LogP contribution in [-0.4, -0.2) is 38.9 Å². The quantitative estimate of drug-likeness (QED) is 0.772. The van der Waals surface area contributed by atoms with Crippen molar-refractivity contribution in [1.82, 2.24) is 4.90 Å². The minimum absolute atomic E-state index is 0.0353. The molecule has 2 aromatic rings. The third-order valence-electron chi connectivity index (χ3n) is 4.96. The van der Waals surface area contributed by atoms with E-state index in [0.29, 0.717) is 11.6 Å². The zero-order valence-electron chi connectivity index (χ0n) is 15.5. The van der Waals surface area contributed by atoms with E-state index in [9.17, 15) is 17.6 Å². The highest BCUT2D eigenvalue weighted by molar-refractivity contribution is 7.89. The summed E-state index contributed by atoms with van der Waals surface area (Å²) < 4.78 is 35.8. The van der Waals surface area contributed by atoms with Crippen LogP contribution in [0.5, 0.6) is 0 Å². The number of carbonyl (C=O) groups excluding carboxylic acids is 1. The van der Waals surface area contributed by atoms with E-state index in [4.69, 9.17) is 5.14 Å². The van der Waals surface area contributed by atoms with Gasteiger partial charge in [0, 0.05) is 5.69 Å². The van der Waals surface area contributed by atoms with Crippen LogP contribution in [0.3, 0.4) is 0 Å². The molecule has 0 aliphatic carbocycles. The van der Waals surface area contributed by atoms with Gasteiger partial charge in [0.05, 0.1) is 11.4 Å². The standard InChI is InChI=1S/C20H24FN3O3S/c21-17-6-4-15(5-7-17)12-16-8-10-24(11-9-16)14-20(25)23-18-2-1-3-19(13-18)28(22,26)27/h1-7,13,16H,8-12,14H2,(H,23,25)(H2,22,26,27). The number of likely N-dealkylation sites (tertiary alicyclic amines) is 1. The SMILES string of the molecule is NS(=O)(=O)c1cccc(NC(=O)CN2CCC(Cc3ccc(F)cc3)CC2)c1. The molecular weight excluding hydrogens is 381 g/mol. The Kier molecular flexibility index (Phi) is 6.43. The average Bonchev–Trinajstić information content (AvgIpc) is 2.65. The lowest BCUT2D eigenvalue weighted by Crippen LogP contribution is -2.39. The van der Waals surface area contributed by atoms with Crippen LogP contribution in [0.1, 0.15) is 18.4 Å². The van der Waals surface area contributed by atoms with Crippen molar-refractivity contribution >= 4 is 21.6 Å². The summed E-state index contributed by atoms with van der Waals surface area (Å²) in [6.07, 6.45) is 2.87. The lowest BCUT2D eigenvalue weighted by atomic mass is 9.90. The van der Waals surface area contributed by atoms with Gasteiger partial charge in [-0.15, -0.1) is 0 Å². The van der Waals surface area contributed by atoms with Crippen LogP contribution in [0, 0.1) is 11.7 Å². The third-order valence-corrected chi connectivity index (χ3v) is 5.87. The Hall–Kier alpha value is -2.29. The highest BCUT2D eigenvalue weighted by Gasteiger charge is 2.21. The zero-order valence-corrected chi connectivity index (χ0v) is 16.3. The molecule has 3 rings (SSSR count). The van der Waals surface area contributed by atoms with Crippen LogP contribution in [0.4, 0.5) is 10.1 Å². The van der Waals surface area contributed by atoms with Crippen molar-refractivity contribution in [2.45, 2.75) is 24.2 Å². The van der Waals surface area contributed by atoms with Crippen LogP contribution in [0.2, 0.25) is 0 Å². The van der Waals surface area contributed by atoms with Gasteiger partial charge in [0.2, 0.25) is 15.9 Å². The first-order valence-electron chi connectivity index (χ1n) is 9.19. The van der Waals surface area contributed by atoms with Gasteiger partial charge >= 0.3 is 0 Å². The Morgan fingerprint density at radius 1 is 1.14 bits per heavy atom. The van der Waals surface area contributed by atoms with Gasteiger partial charge in [0.25, 0.3) is 0 Å². The van der Waals surface area contributed by atoms with Gasteiger partial charge in [-0.05, 0) is 74.2 Å². The highest BCUT2D eigenvalue weighted by Crippen LogP contribution is 2.22. The number of primary sulfonamides is 1. The summed E-state index contributed by atoms with van der Waals surface area (Å²) >= 11 is 0. The Bertz CT molecular complexity index is 924. The molecule has 1 saturated heterocycles. The molecule has 0 unspecified atom stereocenters. The highest BCUT2D eigenvalue weighted by atomic mass is 32.2. The summed E-state index contributed by atoms with van der Waals surface area (Å²) in [7, 11) is -3.81. The second kappa shape index (κ2) is 8.81. The molecule has 0 aromatic heterocycles. The van der Waals surface area contributed by atoms with Gasteiger partial charge in [0.15, 0.2) is 0 Å². The molecule has 1 amide bonds. The smallest absolute Gasteiger partial charge is 0.238 e. The van der Waals surface area contributed by atoms with Crippen molar-refractivity contribution in [2.75, 3.05) is 25.0 Å². The van der Waals surface area contributed by atoms with E-state index in [-0.39, 0.29) is 23.2 Å². The lowest BCUT2D eigenvalue weighted by Gasteiger charge is -2.31. The molecule has 2 aromatic carbocycles. The molecule has 1 fully saturated rings. The number of nitrogens with zero attached hydrogens (tertiary/aromatic N) is 1. The summed E-state index contributed by atoms with van der Waals surface area (Å²) in [4.78, 5) is 14.3. The Morgan fingerprint density at radius 2 is 1.82 bits per heavy atom. The molecule has 0 bridgehead atoms. The first-order valence-corrected chi connectivity index (χ1v) is 10.7. The average molecular weight is 405 g/mol. The number of hydrogen-bond donors (Lipinski definition) is 2. The molecule has 1 heterocycles. The topological polar surface area (TPSA) is 92.5 Å². The predicted octanol–water partition coefficient (Wildman–Crippen LogP) is 2.37. The fourth-order valence-corrected chi connectivity index (χ4v) is 4.02. The summed E-state index contributed by atoms with van der Waals surface area (Å²) in [6, 6.07) is 12.5. The van der Waals surface area contributed by atoms with Gasteiger partial charge in [-0.1, -0.05) is 18.2 Å². The maximum Gasteiger partial charge on any atom is 0.238 e. The third kappa shape index (κ3) is 5.85. The van der Waals surface area contributed by atoms with E-state index in [1.54, 1.807) is 6.07 Å². The number of rotatable bonds is 6. The first kappa shape index (κ1) is 20.4. The number of nitrogens with two attached hydrogens (primary N) is 1. The number of nitrogens with one attached hydrogen (secondary N) is 1. The van der Waals surface area contributed by atoms with Crippen molar-refractivity contribution < 1.29 is 17.6 Å². The molecule has 0 saturated carbocycles. The van der Waals surface area contributed by atoms with E-state index in [1.165, 1.54) is 30.3 Å². The molecule has 0 spiro atoms. The lowest BCUT2D eigenvalue weighted by molar-refractivity contribution is -0.117. The van der Waals surface area contributed by atoms with Crippen LogP contribution in [-0.2, 0) is 21.2 Å². The Morgan fingerprint density at radius 3 is 2.46 bits per heavy atom. The summed E-state index contributed by atoms with van der Waals surface area (Å²) in [5.74, 6) is 0.110. The monoisotopic (exact) mass is 405 g/mol. The molecule has 3 N–H and O–H groups in total. The molecule has 0 radical (unpaired) electrons. The molecule has 28 heavy (non-hydrogen) atoms. The number of carbonyl (C=O) groups is 1. The maximum atomic E-state index is 13.0. The van der Waals surface area contributed by atoms with Crippen LogP contribution in [0.25, 0.3) is 0 Å². The Labute approximate surface area is 164 Å². The number of benzene rings is 2. The minimum Gasteiger partial charge on any atom is -0.325 e. The van der Waals surface area contributed by atoms with Crippen molar-refractivity contribution in [3.8, 4) is 0 Å². The molecule has 0 atom stereocenters.